The molecule has 3 fully saturated rings. The molecule has 1 N–H and O–H groups in total. The number of piperidine rings is 1. The Kier molecular flexibility index (Phi) is 8.92. The van der Waals surface area contributed by atoms with Crippen LogP contribution in [0.3, 0.4) is 0 Å². The number of aromatic nitrogens is 2. The molecule has 230 valence electrons. The highest BCUT2D eigenvalue weighted by atomic mass is 19.1. The number of aryl methyl sites for hydroxylation is 1. The van der Waals surface area contributed by atoms with Gasteiger partial charge in [0.05, 0.1) is 25.4 Å². The van der Waals surface area contributed by atoms with Crippen LogP contribution in [0.5, 0.6) is 5.75 Å². The molecule has 3 saturated heterocycles. The van der Waals surface area contributed by atoms with Crippen molar-refractivity contribution in [2.45, 2.75) is 44.7 Å². The van der Waals surface area contributed by atoms with Gasteiger partial charge in [-0.2, -0.15) is 0 Å². The van der Waals surface area contributed by atoms with Crippen molar-refractivity contribution in [2.75, 3.05) is 75.3 Å². The van der Waals surface area contributed by atoms with Crippen molar-refractivity contribution in [1.29, 1.82) is 0 Å². The minimum absolute atomic E-state index is 0.365. The first-order chi connectivity index (χ1) is 20.9. The molecule has 2 aromatic carbocycles. The zero-order valence-electron chi connectivity index (χ0n) is 25.2. The lowest BCUT2D eigenvalue weighted by atomic mass is 9.99. The summed E-state index contributed by atoms with van der Waals surface area (Å²) >= 11 is 0. The molecule has 0 bridgehead atoms. The second-order valence-electron chi connectivity index (χ2n) is 11.6. The van der Waals surface area contributed by atoms with Crippen molar-refractivity contribution in [3.8, 4) is 5.75 Å². The number of nitrogens with zero attached hydrogens (tertiary/aromatic N) is 6. The van der Waals surface area contributed by atoms with Crippen LogP contribution in [-0.2, 0) is 11.3 Å². The molecule has 0 spiro atoms. The maximum atomic E-state index is 14.6. The Balaban J connectivity index is 1.18. The second kappa shape index (κ2) is 13.0. The molecule has 0 radical (unpaired) electrons. The molecule has 43 heavy (non-hydrogen) atoms. The van der Waals surface area contributed by atoms with Gasteiger partial charge in [-0.3, -0.25) is 9.74 Å². The minimum atomic E-state index is -0.609. The van der Waals surface area contributed by atoms with E-state index in [2.05, 4.69) is 56.1 Å². The molecule has 4 heterocycles. The van der Waals surface area contributed by atoms with Crippen LogP contribution < -0.4 is 20.0 Å². The summed E-state index contributed by atoms with van der Waals surface area (Å²) in [6.45, 7) is 9.25. The van der Waals surface area contributed by atoms with Crippen LogP contribution in [0.15, 0.2) is 42.7 Å². The molecule has 9 nitrogen and oxygen atoms in total. The van der Waals surface area contributed by atoms with E-state index in [9.17, 15) is 8.78 Å². The Morgan fingerprint density at radius 3 is 2.49 bits per heavy atom. The third kappa shape index (κ3) is 6.39. The number of likely N-dealkylation sites (N-methyl/N-ethyl adjacent to an activating group) is 1. The standard InChI is InChI=1S/C32H41F2N7O2/c1-4-22-17-27(30(42-3)19-29(22)40-10-7-24(8-11-40)39-14-12-38(2)13-15-39)37-31-20-32(36-21-35-31)41-28(9-16-43-41)25-6-5-23(33)18-26(25)34/h5-6,17-21,24,28H,4,7-16H2,1-3H3,(H,35,36,37)/t28-/m1/s1. The van der Waals surface area contributed by atoms with Crippen molar-refractivity contribution >= 4 is 23.0 Å². The van der Waals surface area contributed by atoms with E-state index in [4.69, 9.17) is 9.57 Å². The molecule has 11 heteroatoms. The first-order valence-electron chi connectivity index (χ1n) is 15.3. The van der Waals surface area contributed by atoms with E-state index in [1.54, 1.807) is 18.2 Å². The van der Waals surface area contributed by atoms with Crippen molar-refractivity contribution < 1.29 is 18.4 Å². The van der Waals surface area contributed by atoms with E-state index < -0.39 is 17.7 Å². The van der Waals surface area contributed by atoms with Crippen molar-refractivity contribution in [2.24, 2.45) is 0 Å². The molecular formula is C32H41F2N7O2. The van der Waals surface area contributed by atoms with E-state index in [1.165, 1.54) is 42.6 Å². The fourth-order valence-electron chi connectivity index (χ4n) is 6.54. The van der Waals surface area contributed by atoms with Crippen LogP contribution in [0, 0.1) is 11.6 Å². The van der Waals surface area contributed by atoms with Crippen LogP contribution in [-0.4, -0.2) is 85.8 Å². The zero-order valence-corrected chi connectivity index (χ0v) is 25.2. The van der Waals surface area contributed by atoms with Gasteiger partial charge in [0.1, 0.15) is 29.5 Å². The number of benzene rings is 2. The number of nitrogens with one attached hydrogen (secondary N) is 1. The Morgan fingerprint density at radius 2 is 1.77 bits per heavy atom. The molecule has 0 aliphatic carbocycles. The van der Waals surface area contributed by atoms with Crippen molar-refractivity contribution in [3.63, 3.8) is 0 Å². The molecule has 0 amide bonds. The molecule has 0 unspecified atom stereocenters. The highest BCUT2D eigenvalue weighted by molar-refractivity contribution is 5.73. The van der Waals surface area contributed by atoms with Gasteiger partial charge in [-0.25, -0.2) is 23.8 Å². The van der Waals surface area contributed by atoms with Gasteiger partial charge in [0, 0.05) is 81.2 Å². The highest BCUT2D eigenvalue weighted by Gasteiger charge is 2.32. The molecule has 6 rings (SSSR count). The normalized spacial score (nSPS) is 20.5. The van der Waals surface area contributed by atoms with Crippen LogP contribution in [0.1, 0.15) is 43.4 Å². The van der Waals surface area contributed by atoms with E-state index in [0.29, 0.717) is 36.3 Å². The lowest BCUT2D eigenvalue weighted by Gasteiger charge is -2.43. The van der Waals surface area contributed by atoms with Gasteiger partial charge >= 0.3 is 0 Å². The Bertz CT molecular complexity index is 1410. The Hall–Kier alpha value is -3.54. The fourth-order valence-corrected chi connectivity index (χ4v) is 6.54. The predicted octanol–water partition coefficient (Wildman–Crippen LogP) is 5.17. The number of methoxy groups -OCH3 is 1. The monoisotopic (exact) mass is 593 g/mol. The third-order valence-corrected chi connectivity index (χ3v) is 9.01. The first-order valence-corrected chi connectivity index (χ1v) is 15.3. The largest absolute Gasteiger partial charge is 0.494 e. The first kappa shape index (κ1) is 29.5. The Morgan fingerprint density at radius 1 is 0.977 bits per heavy atom. The highest BCUT2D eigenvalue weighted by Crippen LogP contribution is 2.39. The number of rotatable bonds is 8. The summed E-state index contributed by atoms with van der Waals surface area (Å²) in [6.07, 6.45) is 5.22. The number of ether oxygens (including phenoxy) is 1. The summed E-state index contributed by atoms with van der Waals surface area (Å²) in [5.74, 6) is 0.561. The number of piperazine rings is 1. The van der Waals surface area contributed by atoms with Gasteiger partial charge in [-0.05, 0) is 44.0 Å². The quantitative estimate of drug-likeness (QED) is 0.381. The number of halogens is 2. The van der Waals surface area contributed by atoms with Crippen molar-refractivity contribution in [1.82, 2.24) is 19.8 Å². The molecule has 3 aromatic rings. The van der Waals surface area contributed by atoms with E-state index in [-0.39, 0.29) is 0 Å². The average molecular weight is 594 g/mol. The van der Waals surface area contributed by atoms with E-state index in [1.807, 2.05) is 0 Å². The number of anilines is 4. The fraction of sp³-hybridized carbons (Fsp3) is 0.500. The number of hydroxylamine groups is 1. The summed E-state index contributed by atoms with van der Waals surface area (Å²) in [5.41, 5.74) is 3.64. The number of hydrogen-bond acceptors (Lipinski definition) is 9. The zero-order chi connectivity index (χ0) is 29.9. The van der Waals surface area contributed by atoms with Crippen LogP contribution in [0.2, 0.25) is 0 Å². The SMILES string of the molecule is CCc1cc(Nc2cc(N3OCC[C@@H]3c3ccc(F)cc3F)ncn2)c(OC)cc1N1CCC(N2CCN(C)CC2)CC1. The maximum absolute atomic E-state index is 14.6. The topological polar surface area (TPSA) is 69.2 Å². The molecule has 3 aliphatic heterocycles. The van der Waals surface area contributed by atoms with Crippen molar-refractivity contribution in [3.05, 3.63) is 65.5 Å². The van der Waals surface area contributed by atoms with Gasteiger partial charge in [0.2, 0.25) is 0 Å². The molecule has 0 saturated carbocycles. The average Bonchev–Trinajstić information content (AvgIpc) is 3.51. The maximum Gasteiger partial charge on any atom is 0.158 e. The summed E-state index contributed by atoms with van der Waals surface area (Å²) in [6, 6.07) is 9.90. The number of hydrogen-bond donors (Lipinski definition) is 1. The second-order valence-corrected chi connectivity index (χ2v) is 11.6. The van der Waals surface area contributed by atoms with E-state index in [0.717, 1.165) is 63.2 Å². The van der Waals surface area contributed by atoms with Gasteiger partial charge in [0.15, 0.2) is 5.82 Å². The van der Waals surface area contributed by atoms with Gasteiger partial charge in [0.25, 0.3) is 0 Å². The van der Waals surface area contributed by atoms with E-state index >= 15 is 0 Å². The molecule has 3 aliphatic rings. The molecule has 1 aromatic heterocycles. The third-order valence-electron chi connectivity index (χ3n) is 9.01. The summed E-state index contributed by atoms with van der Waals surface area (Å²) in [4.78, 5) is 22.2. The smallest absolute Gasteiger partial charge is 0.158 e. The van der Waals surface area contributed by atoms with Gasteiger partial charge in [-0.15, -0.1) is 0 Å². The summed E-state index contributed by atoms with van der Waals surface area (Å²) in [5, 5.41) is 4.98. The van der Waals surface area contributed by atoms with Gasteiger partial charge < -0.3 is 19.9 Å². The van der Waals surface area contributed by atoms with Crippen LogP contribution in [0.25, 0.3) is 0 Å². The minimum Gasteiger partial charge on any atom is -0.494 e. The van der Waals surface area contributed by atoms with Crippen LogP contribution >= 0.6 is 0 Å². The summed E-state index contributed by atoms with van der Waals surface area (Å²) < 4.78 is 34.0. The predicted molar refractivity (Wildman–Crippen MR) is 164 cm³/mol. The lowest BCUT2D eigenvalue weighted by Crippen LogP contribution is -2.52. The van der Waals surface area contributed by atoms with Crippen LogP contribution in [0.4, 0.5) is 31.8 Å². The molecule has 1 atom stereocenters. The summed E-state index contributed by atoms with van der Waals surface area (Å²) in [7, 11) is 3.89. The Labute approximate surface area is 252 Å². The molecular weight excluding hydrogens is 552 g/mol. The lowest BCUT2D eigenvalue weighted by molar-refractivity contribution is 0.0982. The van der Waals surface area contributed by atoms with Gasteiger partial charge in [-0.1, -0.05) is 13.0 Å².